The van der Waals surface area contributed by atoms with Crippen LogP contribution in [0.15, 0.2) is 41.5 Å². The van der Waals surface area contributed by atoms with Crippen molar-refractivity contribution < 1.29 is 9.47 Å². The molecule has 7 nitrogen and oxygen atoms in total. The SMILES string of the molecule is CCNC(=NCc1ccc(N(CC)CC)nc1)NCCc1ccc2c(c1)OCO2. The quantitative estimate of drug-likeness (QED) is 0.501. The minimum atomic E-state index is 0.305. The van der Waals surface area contributed by atoms with Crippen molar-refractivity contribution in [2.45, 2.75) is 33.7 Å². The molecule has 1 aliphatic rings. The topological polar surface area (TPSA) is 71.0 Å². The molecule has 1 aromatic carbocycles. The molecule has 7 heteroatoms. The fourth-order valence-electron chi connectivity index (χ4n) is 3.18. The van der Waals surface area contributed by atoms with Crippen molar-refractivity contribution in [2.75, 3.05) is 37.9 Å². The summed E-state index contributed by atoms with van der Waals surface area (Å²) in [5, 5.41) is 6.69. The minimum absolute atomic E-state index is 0.305. The molecule has 0 aliphatic carbocycles. The molecule has 2 aromatic rings. The first kappa shape index (κ1) is 20.8. The summed E-state index contributed by atoms with van der Waals surface area (Å²) in [5.74, 6) is 3.46. The molecule has 0 radical (unpaired) electrons. The van der Waals surface area contributed by atoms with Gasteiger partial charge >= 0.3 is 0 Å². The van der Waals surface area contributed by atoms with Gasteiger partial charge in [-0.25, -0.2) is 9.98 Å². The van der Waals surface area contributed by atoms with E-state index in [1.54, 1.807) is 0 Å². The number of hydrogen-bond acceptors (Lipinski definition) is 5. The van der Waals surface area contributed by atoms with Gasteiger partial charge in [0.1, 0.15) is 5.82 Å². The van der Waals surface area contributed by atoms with Crippen molar-refractivity contribution in [2.24, 2.45) is 4.99 Å². The van der Waals surface area contributed by atoms with Crippen molar-refractivity contribution in [3.8, 4) is 11.5 Å². The lowest BCUT2D eigenvalue weighted by atomic mass is 10.1. The number of anilines is 1. The van der Waals surface area contributed by atoms with E-state index in [9.17, 15) is 0 Å². The van der Waals surface area contributed by atoms with Gasteiger partial charge in [-0.05, 0) is 56.5 Å². The fraction of sp³-hybridized carbons (Fsp3) is 0.455. The molecule has 3 rings (SSSR count). The third-order valence-corrected chi connectivity index (χ3v) is 4.80. The van der Waals surface area contributed by atoms with E-state index >= 15 is 0 Å². The summed E-state index contributed by atoms with van der Waals surface area (Å²) in [6.45, 7) is 10.7. The minimum Gasteiger partial charge on any atom is -0.454 e. The Kier molecular flexibility index (Phi) is 7.55. The molecule has 0 amide bonds. The standard InChI is InChI=1S/C22H31N5O2/c1-4-23-22(24-12-11-17-7-9-19-20(13-17)29-16-28-19)26-15-18-8-10-21(25-14-18)27(5-2)6-3/h7-10,13-14H,4-6,11-12,15-16H2,1-3H3,(H2,23,24,26). The predicted octanol–water partition coefficient (Wildman–Crippen LogP) is 2.95. The van der Waals surface area contributed by atoms with Crippen LogP contribution < -0.4 is 25.0 Å². The lowest BCUT2D eigenvalue weighted by Gasteiger charge is -2.19. The summed E-state index contributed by atoms with van der Waals surface area (Å²) in [7, 11) is 0. The first-order valence-corrected chi connectivity index (χ1v) is 10.3. The number of guanidine groups is 1. The first-order valence-electron chi connectivity index (χ1n) is 10.3. The largest absolute Gasteiger partial charge is 0.454 e. The number of nitrogens with one attached hydrogen (secondary N) is 2. The number of aromatic nitrogens is 1. The maximum absolute atomic E-state index is 5.44. The van der Waals surface area contributed by atoms with Crippen LogP contribution in [0.1, 0.15) is 31.9 Å². The van der Waals surface area contributed by atoms with Gasteiger partial charge in [0.05, 0.1) is 6.54 Å². The third-order valence-electron chi connectivity index (χ3n) is 4.80. The molecule has 156 valence electrons. The van der Waals surface area contributed by atoms with E-state index in [1.165, 1.54) is 5.56 Å². The predicted molar refractivity (Wildman–Crippen MR) is 117 cm³/mol. The van der Waals surface area contributed by atoms with E-state index in [0.717, 1.165) is 61.4 Å². The molecule has 0 spiro atoms. The van der Waals surface area contributed by atoms with E-state index in [0.29, 0.717) is 13.3 Å². The van der Waals surface area contributed by atoms with Gasteiger partial charge in [-0.15, -0.1) is 0 Å². The van der Waals surface area contributed by atoms with Crippen LogP contribution in [0.3, 0.4) is 0 Å². The van der Waals surface area contributed by atoms with Gasteiger partial charge in [0, 0.05) is 32.4 Å². The van der Waals surface area contributed by atoms with Crippen LogP contribution in [-0.2, 0) is 13.0 Å². The highest BCUT2D eigenvalue weighted by atomic mass is 16.7. The van der Waals surface area contributed by atoms with Crippen LogP contribution in [0.2, 0.25) is 0 Å². The van der Waals surface area contributed by atoms with Crippen molar-refractivity contribution >= 4 is 11.8 Å². The van der Waals surface area contributed by atoms with Gasteiger partial charge in [0.2, 0.25) is 6.79 Å². The zero-order chi connectivity index (χ0) is 20.5. The number of pyridine rings is 1. The van der Waals surface area contributed by atoms with Crippen molar-refractivity contribution in [1.29, 1.82) is 0 Å². The number of ether oxygens (including phenoxy) is 2. The highest BCUT2D eigenvalue weighted by Crippen LogP contribution is 2.32. The Labute approximate surface area is 173 Å². The molecule has 0 fully saturated rings. The van der Waals surface area contributed by atoms with E-state index < -0.39 is 0 Å². The third kappa shape index (κ3) is 5.76. The number of hydrogen-bond donors (Lipinski definition) is 2. The highest BCUT2D eigenvalue weighted by molar-refractivity contribution is 5.79. The van der Waals surface area contributed by atoms with Crippen LogP contribution in [0.5, 0.6) is 11.5 Å². The highest BCUT2D eigenvalue weighted by Gasteiger charge is 2.13. The number of aliphatic imine (C=N–C) groups is 1. The molecule has 0 atom stereocenters. The summed E-state index contributed by atoms with van der Waals surface area (Å²) in [4.78, 5) is 11.5. The normalized spacial score (nSPS) is 12.7. The van der Waals surface area contributed by atoms with E-state index in [4.69, 9.17) is 9.47 Å². The Balaban J connectivity index is 1.52. The Hall–Kier alpha value is -2.96. The van der Waals surface area contributed by atoms with Gasteiger partial charge < -0.3 is 25.0 Å². The molecule has 0 saturated carbocycles. The number of fused-ring (bicyclic) bond motifs is 1. The molecule has 0 unspecified atom stereocenters. The van der Waals surface area contributed by atoms with Gasteiger partial charge in [-0.3, -0.25) is 0 Å². The Bertz CT molecular complexity index is 803. The Morgan fingerprint density at radius 1 is 1.03 bits per heavy atom. The molecule has 2 N–H and O–H groups in total. The maximum atomic E-state index is 5.44. The van der Waals surface area contributed by atoms with Crippen LogP contribution in [0.4, 0.5) is 5.82 Å². The lowest BCUT2D eigenvalue weighted by molar-refractivity contribution is 0.174. The summed E-state index contributed by atoms with van der Waals surface area (Å²) in [6.07, 6.45) is 2.79. The molecule has 29 heavy (non-hydrogen) atoms. The summed E-state index contributed by atoms with van der Waals surface area (Å²) in [6, 6.07) is 10.2. The molecule has 2 heterocycles. The number of rotatable bonds is 9. The zero-order valence-electron chi connectivity index (χ0n) is 17.6. The smallest absolute Gasteiger partial charge is 0.231 e. The summed E-state index contributed by atoms with van der Waals surface area (Å²) < 4.78 is 10.8. The van der Waals surface area contributed by atoms with Crippen LogP contribution in [0, 0.1) is 0 Å². The molecule has 1 aromatic heterocycles. The second-order valence-electron chi connectivity index (χ2n) is 6.76. The average Bonchev–Trinajstić information content (AvgIpc) is 3.22. The van der Waals surface area contributed by atoms with Gasteiger partial charge in [-0.2, -0.15) is 0 Å². The number of nitrogens with zero attached hydrogens (tertiary/aromatic N) is 3. The molecular weight excluding hydrogens is 366 g/mol. The second kappa shape index (κ2) is 10.5. The first-order chi connectivity index (χ1) is 14.2. The Morgan fingerprint density at radius 3 is 2.55 bits per heavy atom. The van der Waals surface area contributed by atoms with Crippen molar-refractivity contribution in [1.82, 2.24) is 15.6 Å². The van der Waals surface area contributed by atoms with Crippen LogP contribution in [-0.4, -0.2) is 43.9 Å². The van der Waals surface area contributed by atoms with Crippen LogP contribution >= 0.6 is 0 Å². The second-order valence-corrected chi connectivity index (χ2v) is 6.76. The van der Waals surface area contributed by atoms with Gasteiger partial charge in [0.15, 0.2) is 17.5 Å². The van der Waals surface area contributed by atoms with E-state index in [-0.39, 0.29) is 0 Å². The monoisotopic (exact) mass is 397 g/mol. The maximum Gasteiger partial charge on any atom is 0.231 e. The molecule has 0 bridgehead atoms. The lowest BCUT2D eigenvalue weighted by Crippen LogP contribution is -2.38. The Morgan fingerprint density at radius 2 is 1.83 bits per heavy atom. The number of benzene rings is 1. The molecule has 0 saturated heterocycles. The molecular formula is C22H31N5O2. The summed E-state index contributed by atoms with van der Waals surface area (Å²) >= 11 is 0. The van der Waals surface area contributed by atoms with E-state index in [1.807, 2.05) is 18.3 Å². The average molecular weight is 398 g/mol. The fourth-order valence-corrected chi connectivity index (χ4v) is 3.18. The van der Waals surface area contributed by atoms with E-state index in [2.05, 4.69) is 64.5 Å². The summed E-state index contributed by atoms with van der Waals surface area (Å²) in [5.41, 5.74) is 2.29. The van der Waals surface area contributed by atoms with Gasteiger partial charge in [-0.1, -0.05) is 12.1 Å². The van der Waals surface area contributed by atoms with Crippen LogP contribution in [0.25, 0.3) is 0 Å². The van der Waals surface area contributed by atoms with Gasteiger partial charge in [0.25, 0.3) is 0 Å². The zero-order valence-corrected chi connectivity index (χ0v) is 17.6. The van der Waals surface area contributed by atoms with Crippen molar-refractivity contribution in [3.63, 3.8) is 0 Å². The molecule has 1 aliphatic heterocycles. The van der Waals surface area contributed by atoms with Crippen molar-refractivity contribution in [3.05, 3.63) is 47.7 Å².